The lowest BCUT2D eigenvalue weighted by Crippen LogP contribution is -2.21. The van der Waals surface area contributed by atoms with Crippen molar-refractivity contribution in [3.05, 3.63) is 24.3 Å². The molecule has 1 atom stereocenters. The predicted octanol–water partition coefficient (Wildman–Crippen LogP) is 3.53. The second kappa shape index (κ2) is 7.88. The molecule has 1 aromatic rings. The molecule has 5 heteroatoms. The highest BCUT2D eigenvalue weighted by atomic mass is 17.1. The summed E-state index contributed by atoms with van der Waals surface area (Å²) in [5.74, 6) is 0.302. The highest BCUT2D eigenvalue weighted by Gasteiger charge is 2.17. The van der Waals surface area contributed by atoms with Crippen molar-refractivity contribution in [3.8, 4) is 11.5 Å². The zero-order valence-electron chi connectivity index (χ0n) is 13.1. The Morgan fingerprint density at radius 2 is 1.86 bits per heavy atom. The highest BCUT2D eigenvalue weighted by molar-refractivity contribution is 5.71. The Morgan fingerprint density at radius 3 is 2.43 bits per heavy atom. The number of para-hydroxylation sites is 2. The van der Waals surface area contributed by atoms with E-state index in [0.717, 1.165) is 6.42 Å². The molecule has 5 nitrogen and oxygen atoms in total. The first-order chi connectivity index (χ1) is 9.81. The quantitative estimate of drug-likeness (QED) is 0.473. The van der Waals surface area contributed by atoms with Gasteiger partial charge in [0.15, 0.2) is 12.4 Å². The minimum absolute atomic E-state index is 0.159. The van der Waals surface area contributed by atoms with Crippen molar-refractivity contribution in [2.24, 2.45) is 11.3 Å². The average Bonchev–Trinajstić information content (AvgIpc) is 2.41. The number of hydrogen-bond donors (Lipinski definition) is 1. The van der Waals surface area contributed by atoms with Crippen LogP contribution < -0.4 is 9.62 Å². The van der Waals surface area contributed by atoms with E-state index in [-0.39, 0.29) is 17.8 Å². The number of carbonyl (C=O) groups is 1. The number of rotatable bonds is 7. The molecule has 118 valence electrons. The van der Waals surface area contributed by atoms with Crippen LogP contribution >= 0.6 is 0 Å². The fraction of sp³-hybridized carbons (Fsp3) is 0.562. The van der Waals surface area contributed by atoms with Crippen LogP contribution in [0.5, 0.6) is 11.5 Å². The number of ether oxygens (including phenoxy) is 2. The smallest absolute Gasteiger partial charge is 0.344 e. The molecule has 0 spiro atoms. The third-order valence-corrected chi connectivity index (χ3v) is 2.78. The van der Waals surface area contributed by atoms with Gasteiger partial charge < -0.3 is 14.4 Å². The molecule has 0 fully saturated rings. The first-order valence-corrected chi connectivity index (χ1v) is 7.00. The molecule has 1 unspecified atom stereocenters. The highest BCUT2D eigenvalue weighted by Crippen LogP contribution is 2.26. The molecular formula is C16H24O5. The third kappa shape index (κ3) is 6.99. The summed E-state index contributed by atoms with van der Waals surface area (Å²) in [5, 5.41) is 8.67. The monoisotopic (exact) mass is 296 g/mol. The van der Waals surface area contributed by atoms with Gasteiger partial charge in [0.25, 0.3) is 0 Å². The van der Waals surface area contributed by atoms with Gasteiger partial charge in [-0.3, -0.25) is 0 Å². The van der Waals surface area contributed by atoms with Crippen molar-refractivity contribution in [3.63, 3.8) is 0 Å². The van der Waals surface area contributed by atoms with Gasteiger partial charge in [-0.05, 0) is 29.9 Å². The van der Waals surface area contributed by atoms with Gasteiger partial charge in [-0.25, -0.2) is 10.1 Å². The zero-order chi connectivity index (χ0) is 15.9. The summed E-state index contributed by atoms with van der Waals surface area (Å²) in [5.41, 5.74) is 0.208. The number of carbonyl (C=O) groups excluding carboxylic acids is 1. The molecule has 0 aliphatic heterocycles. The number of esters is 1. The van der Waals surface area contributed by atoms with Gasteiger partial charge in [0.2, 0.25) is 5.75 Å². The van der Waals surface area contributed by atoms with Crippen LogP contribution in [0.15, 0.2) is 24.3 Å². The SMILES string of the molecule is CC(COC(=O)COc1ccccc1OO)CC(C)(C)C. The largest absolute Gasteiger partial charge is 0.478 e. The Labute approximate surface area is 125 Å². The Balaban J connectivity index is 2.34. The molecule has 0 aromatic heterocycles. The molecule has 0 radical (unpaired) electrons. The van der Waals surface area contributed by atoms with Crippen LogP contribution in [0, 0.1) is 11.3 Å². The standard InChI is InChI=1S/C16H24O5/c1-12(9-16(2,3)4)10-20-15(17)11-19-13-7-5-6-8-14(13)21-18/h5-8,12,18H,9-11H2,1-4H3. The fourth-order valence-electron chi connectivity index (χ4n) is 2.16. The topological polar surface area (TPSA) is 65.0 Å². The molecule has 0 aliphatic rings. The van der Waals surface area contributed by atoms with E-state index in [0.29, 0.717) is 18.3 Å². The van der Waals surface area contributed by atoms with E-state index in [4.69, 9.17) is 14.7 Å². The van der Waals surface area contributed by atoms with Gasteiger partial charge in [-0.1, -0.05) is 39.8 Å². The van der Waals surface area contributed by atoms with Gasteiger partial charge in [-0.2, -0.15) is 0 Å². The third-order valence-electron chi connectivity index (χ3n) is 2.78. The van der Waals surface area contributed by atoms with Crippen molar-refractivity contribution in [2.45, 2.75) is 34.1 Å². The van der Waals surface area contributed by atoms with Gasteiger partial charge in [-0.15, -0.1) is 0 Å². The van der Waals surface area contributed by atoms with Gasteiger partial charge in [0, 0.05) is 0 Å². The van der Waals surface area contributed by atoms with E-state index >= 15 is 0 Å². The second-order valence-corrected chi connectivity index (χ2v) is 6.38. The Hall–Kier alpha value is -1.75. The molecule has 21 heavy (non-hydrogen) atoms. The van der Waals surface area contributed by atoms with Crippen molar-refractivity contribution in [1.82, 2.24) is 0 Å². The van der Waals surface area contributed by atoms with E-state index in [1.54, 1.807) is 18.2 Å². The molecule has 0 saturated carbocycles. The molecule has 0 heterocycles. The van der Waals surface area contributed by atoms with Crippen molar-refractivity contribution < 1.29 is 24.4 Å². The van der Waals surface area contributed by atoms with Crippen molar-refractivity contribution in [1.29, 1.82) is 0 Å². The molecule has 0 bridgehead atoms. The van der Waals surface area contributed by atoms with Crippen molar-refractivity contribution >= 4 is 5.97 Å². The van der Waals surface area contributed by atoms with Crippen LogP contribution in [-0.4, -0.2) is 24.4 Å². The predicted molar refractivity (Wildman–Crippen MR) is 79.4 cm³/mol. The minimum atomic E-state index is -0.441. The van der Waals surface area contributed by atoms with Crippen molar-refractivity contribution in [2.75, 3.05) is 13.2 Å². The Kier molecular flexibility index (Phi) is 6.49. The van der Waals surface area contributed by atoms with Crippen LogP contribution in [-0.2, 0) is 9.53 Å². The summed E-state index contributed by atoms with van der Waals surface area (Å²) in [6.07, 6.45) is 0.975. The number of benzene rings is 1. The Morgan fingerprint density at radius 1 is 1.24 bits per heavy atom. The average molecular weight is 296 g/mol. The lowest BCUT2D eigenvalue weighted by Gasteiger charge is -2.22. The minimum Gasteiger partial charge on any atom is -0.478 e. The van der Waals surface area contributed by atoms with Crippen LogP contribution in [0.1, 0.15) is 34.1 Å². The van der Waals surface area contributed by atoms with Gasteiger partial charge in [0.05, 0.1) is 6.61 Å². The summed E-state index contributed by atoms with van der Waals surface area (Å²) < 4.78 is 10.4. The summed E-state index contributed by atoms with van der Waals surface area (Å²) >= 11 is 0. The van der Waals surface area contributed by atoms with Gasteiger partial charge >= 0.3 is 5.97 Å². The van der Waals surface area contributed by atoms with Gasteiger partial charge in [0.1, 0.15) is 0 Å². The van der Waals surface area contributed by atoms with Crippen LogP contribution in [0.25, 0.3) is 0 Å². The van der Waals surface area contributed by atoms with E-state index in [2.05, 4.69) is 25.7 Å². The summed E-state index contributed by atoms with van der Waals surface area (Å²) in [4.78, 5) is 15.8. The maximum Gasteiger partial charge on any atom is 0.344 e. The lowest BCUT2D eigenvalue weighted by molar-refractivity contribution is -0.149. The van der Waals surface area contributed by atoms with E-state index < -0.39 is 5.97 Å². The maximum absolute atomic E-state index is 11.6. The molecule has 1 aromatic carbocycles. The Bertz CT molecular complexity index is 450. The van der Waals surface area contributed by atoms with E-state index in [9.17, 15) is 4.79 Å². The first kappa shape index (κ1) is 17.3. The molecule has 1 rings (SSSR count). The van der Waals surface area contributed by atoms with Crippen LogP contribution in [0.2, 0.25) is 0 Å². The molecule has 1 N–H and O–H groups in total. The number of hydrogen-bond acceptors (Lipinski definition) is 5. The molecule has 0 amide bonds. The summed E-state index contributed by atoms with van der Waals surface area (Å²) in [6, 6.07) is 6.53. The fourth-order valence-corrected chi connectivity index (χ4v) is 2.16. The summed E-state index contributed by atoms with van der Waals surface area (Å²) in [6.45, 7) is 8.66. The zero-order valence-corrected chi connectivity index (χ0v) is 13.1. The van der Waals surface area contributed by atoms with Crippen LogP contribution in [0.4, 0.5) is 0 Å². The molecule has 0 aliphatic carbocycles. The van der Waals surface area contributed by atoms with E-state index in [1.165, 1.54) is 6.07 Å². The van der Waals surface area contributed by atoms with E-state index in [1.807, 2.05) is 6.92 Å². The normalized spacial score (nSPS) is 12.6. The maximum atomic E-state index is 11.6. The van der Waals surface area contributed by atoms with Crippen LogP contribution in [0.3, 0.4) is 0 Å². The lowest BCUT2D eigenvalue weighted by atomic mass is 9.86. The summed E-state index contributed by atoms with van der Waals surface area (Å²) in [7, 11) is 0. The molecular weight excluding hydrogens is 272 g/mol. The second-order valence-electron chi connectivity index (χ2n) is 6.38. The molecule has 0 saturated heterocycles. The first-order valence-electron chi connectivity index (χ1n) is 7.00.